The first kappa shape index (κ1) is 20.4. The number of hydrogen-bond acceptors (Lipinski definition) is 5. The molecule has 8 heteroatoms. The Labute approximate surface area is 188 Å². The highest BCUT2D eigenvalue weighted by Gasteiger charge is 2.36. The highest BCUT2D eigenvalue weighted by atomic mass is 32.1. The third-order valence-electron chi connectivity index (χ3n) is 5.58. The van der Waals surface area contributed by atoms with Crippen LogP contribution in [0, 0.1) is 12.7 Å². The van der Waals surface area contributed by atoms with E-state index in [9.17, 15) is 9.18 Å². The first-order valence-electron chi connectivity index (χ1n) is 10.2. The number of aromatic nitrogens is 3. The van der Waals surface area contributed by atoms with Crippen LogP contribution in [0.3, 0.4) is 0 Å². The van der Waals surface area contributed by atoms with Crippen molar-refractivity contribution in [2.24, 2.45) is 0 Å². The third-order valence-corrected chi connectivity index (χ3v) is 6.60. The normalized spacial score (nSPS) is 16.2. The number of nitrogens with zero attached hydrogens (tertiary/aromatic N) is 3. The van der Waals surface area contributed by atoms with Gasteiger partial charge in [-0.05, 0) is 43.2 Å². The molecule has 1 N–H and O–H groups in total. The van der Waals surface area contributed by atoms with Gasteiger partial charge >= 0.3 is 0 Å². The maximum atomic E-state index is 13.7. The van der Waals surface area contributed by atoms with Gasteiger partial charge in [0.2, 0.25) is 0 Å². The fourth-order valence-electron chi connectivity index (χ4n) is 4.05. The molecule has 3 heterocycles. The van der Waals surface area contributed by atoms with Crippen molar-refractivity contribution in [2.45, 2.75) is 19.4 Å². The van der Waals surface area contributed by atoms with Crippen molar-refractivity contribution in [1.82, 2.24) is 19.9 Å². The molecule has 1 aliphatic rings. The Kier molecular flexibility index (Phi) is 5.01. The number of imidazole rings is 1. The van der Waals surface area contributed by atoms with E-state index >= 15 is 0 Å². The molecule has 32 heavy (non-hydrogen) atoms. The van der Waals surface area contributed by atoms with Crippen LogP contribution in [0.2, 0.25) is 0 Å². The number of ether oxygens (including phenoxy) is 1. The number of aromatic amines is 1. The van der Waals surface area contributed by atoms with E-state index in [1.807, 2.05) is 25.1 Å². The summed E-state index contributed by atoms with van der Waals surface area (Å²) < 4.78 is 18.7. The molecule has 0 aliphatic carbocycles. The molecular weight excluding hydrogens is 427 g/mol. The number of methoxy groups -OCH3 is 1. The fourth-order valence-corrected chi connectivity index (χ4v) is 4.97. The smallest absolute Gasteiger partial charge is 0.274 e. The van der Waals surface area contributed by atoms with Gasteiger partial charge < -0.3 is 14.6 Å². The number of aryl methyl sites for hydroxylation is 1. The minimum Gasteiger partial charge on any atom is -0.497 e. The largest absolute Gasteiger partial charge is 0.497 e. The van der Waals surface area contributed by atoms with Crippen LogP contribution in [0.15, 0.2) is 54.6 Å². The molecule has 2 aromatic carbocycles. The monoisotopic (exact) mass is 448 g/mol. The van der Waals surface area contributed by atoms with Crippen molar-refractivity contribution in [1.29, 1.82) is 0 Å². The van der Waals surface area contributed by atoms with Crippen molar-refractivity contribution >= 4 is 28.3 Å². The lowest BCUT2D eigenvalue weighted by Gasteiger charge is -2.22. The zero-order chi connectivity index (χ0) is 22.4. The van der Waals surface area contributed by atoms with Crippen LogP contribution in [-0.2, 0) is 0 Å². The SMILES string of the molecule is C=C1C[C@@H](c2nc3cc(OC)ccc3[nH]2)N(C(=O)c2nc(C)sc2-c2ccc(F)cc2)C1. The van der Waals surface area contributed by atoms with Gasteiger partial charge in [0.25, 0.3) is 5.91 Å². The number of rotatable bonds is 4. The van der Waals surface area contributed by atoms with Crippen LogP contribution >= 0.6 is 11.3 Å². The Balaban J connectivity index is 1.52. The topological polar surface area (TPSA) is 71.1 Å². The molecule has 1 atom stereocenters. The molecule has 1 fully saturated rings. The summed E-state index contributed by atoms with van der Waals surface area (Å²) in [5.41, 5.74) is 3.75. The first-order chi connectivity index (χ1) is 15.4. The third kappa shape index (κ3) is 3.56. The first-order valence-corrected chi connectivity index (χ1v) is 11.0. The summed E-state index contributed by atoms with van der Waals surface area (Å²) in [6.07, 6.45) is 0.623. The number of H-pyrrole nitrogens is 1. The Morgan fingerprint density at radius 2 is 2.03 bits per heavy atom. The van der Waals surface area contributed by atoms with Crippen LogP contribution in [0.1, 0.15) is 33.8 Å². The molecule has 5 rings (SSSR count). The number of fused-ring (bicyclic) bond motifs is 1. The van der Waals surface area contributed by atoms with Gasteiger partial charge in [0.1, 0.15) is 23.1 Å². The Hall–Kier alpha value is -3.52. The van der Waals surface area contributed by atoms with Crippen LogP contribution in [0.5, 0.6) is 5.75 Å². The quantitative estimate of drug-likeness (QED) is 0.431. The lowest BCUT2D eigenvalue weighted by Crippen LogP contribution is -2.31. The summed E-state index contributed by atoms with van der Waals surface area (Å²) in [6.45, 7) is 6.41. The molecule has 2 aromatic heterocycles. The zero-order valence-corrected chi connectivity index (χ0v) is 18.5. The summed E-state index contributed by atoms with van der Waals surface area (Å²) in [6, 6.07) is 11.5. The average Bonchev–Trinajstić information content (AvgIpc) is 3.49. The predicted molar refractivity (Wildman–Crippen MR) is 122 cm³/mol. The van der Waals surface area contributed by atoms with Gasteiger partial charge in [-0.3, -0.25) is 4.79 Å². The van der Waals surface area contributed by atoms with Gasteiger partial charge in [0, 0.05) is 12.6 Å². The number of likely N-dealkylation sites (tertiary alicyclic amines) is 1. The van der Waals surface area contributed by atoms with Crippen LogP contribution in [-0.4, -0.2) is 39.4 Å². The minimum absolute atomic E-state index is 0.185. The molecule has 1 saturated heterocycles. The van der Waals surface area contributed by atoms with Gasteiger partial charge in [-0.2, -0.15) is 0 Å². The van der Waals surface area contributed by atoms with E-state index in [1.54, 1.807) is 24.1 Å². The van der Waals surface area contributed by atoms with E-state index in [-0.39, 0.29) is 17.8 Å². The second-order valence-corrected chi connectivity index (χ2v) is 9.03. The van der Waals surface area contributed by atoms with Crippen molar-refractivity contribution in [3.05, 3.63) is 77.0 Å². The second-order valence-electron chi connectivity index (χ2n) is 7.83. The van der Waals surface area contributed by atoms with E-state index in [4.69, 9.17) is 9.72 Å². The minimum atomic E-state index is -0.319. The molecule has 0 radical (unpaired) electrons. The molecule has 0 bridgehead atoms. The molecule has 4 aromatic rings. The Morgan fingerprint density at radius 1 is 1.25 bits per heavy atom. The number of carbonyl (C=O) groups is 1. The molecule has 6 nitrogen and oxygen atoms in total. The number of hydrogen-bond donors (Lipinski definition) is 1. The lowest BCUT2D eigenvalue weighted by atomic mass is 10.1. The predicted octanol–water partition coefficient (Wildman–Crippen LogP) is 5.29. The van der Waals surface area contributed by atoms with Gasteiger partial charge in [0.15, 0.2) is 0 Å². The van der Waals surface area contributed by atoms with Crippen LogP contribution in [0.4, 0.5) is 4.39 Å². The zero-order valence-electron chi connectivity index (χ0n) is 17.7. The molecule has 1 amide bonds. The standard InChI is InChI=1S/C24H21FN4O2S/c1-13-10-20(23-27-18-9-8-17(31-3)11-19(18)28-23)29(12-13)24(30)21-22(32-14(2)26-21)15-4-6-16(25)7-5-15/h4-9,11,20H,1,10,12H2,2-3H3,(H,27,28)/t20-/m0/s1. The number of thiazole rings is 1. The number of amides is 1. The molecule has 162 valence electrons. The summed E-state index contributed by atoms with van der Waals surface area (Å²) in [5, 5.41) is 0.776. The van der Waals surface area contributed by atoms with E-state index in [0.717, 1.165) is 37.8 Å². The van der Waals surface area contributed by atoms with Crippen molar-refractivity contribution in [2.75, 3.05) is 13.7 Å². The highest BCUT2D eigenvalue weighted by molar-refractivity contribution is 7.15. The highest BCUT2D eigenvalue weighted by Crippen LogP contribution is 2.38. The summed E-state index contributed by atoms with van der Waals surface area (Å²) in [7, 11) is 1.62. The number of halogens is 1. The Morgan fingerprint density at radius 3 is 2.78 bits per heavy atom. The van der Waals surface area contributed by atoms with Crippen molar-refractivity contribution in [3.8, 4) is 16.2 Å². The number of benzene rings is 2. The summed E-state index contributed by atoms with van der Waals surface area (Å²) in [4.78, 5) is 28.8. The van der Waals surface area contributed by atoms with E-state index < -0.39 is 0 Å². The van der Waals surface area contributed by atoms with Crippen LogP contribution < -0.4 is 4.74 Å². The number of nitrogens with one attached hydrogen (secondary N) is 1. The average molecular weight is 449 g/mol. The van der Waals surface area contributed by atoms with Crippen LogP contribution in [0.25, 0.3) is 21.5 Å². The number of carbonyl (C=O) groups excluding carboxylic acids is 1. The molecule has 0 unspecified atom stereocenters. The lowest BCUT2D eigenvalue weighted by molar-refractivity contribution is 0.0728. The Bertz CT molecular complexity index is 1340. The van der Waals surface area contributed by atoms with Crippen molar-refractivity contribution in [3.63, 3.8) is 0 Å². The molecular formula is C24H21FN4O2S. The second kappa shape index (κ2) is 7.87. The maximum absolute atomic E-state index is 13.7. The molecule has 0 spiro atoms. The molecule has 1 aliphatic heterocycles. The molecule has 0 saturated carbocycles. The van der Waals surface area contributed by atoms with Gasteiger partial charge in [-0.1, -0.05) is 24.3 Å². The van der Waals surface area contributed by atoms with Gasteiger partial charge in [0.05, 0.1) is 34.1 Å². The summed E-state index contributed by atoms with van der Waals surface area (Å²) in [5.74, 6) is 0.924. The maximum Gasteiger partial charge on any atom is 0.274 e. The van der Waals surface area contributed by atoms with Gasteiger partial charge in [-0.15, -0.1) is 11.3 Å². The fraction of sp³-hybridized carbons (Fsp3) is 0.208. The van der Waals surface area contributed by atoms with E-state index in [2.05, 4.69) is 16.5 Å². The van der Waals surface area contributed by atoms with Gasteiger partial charge in [-0.25, -0.2) is 14.4 Å². The van der Waals surface area contributed by atoms with Crippen molar-refractivity contribution < 1.29 is 13.9 Å². The van der Waals surface area contributed by atoms with E-state index in [0.29, 0.717) is 24.5 Å². The van der Waals surface area contributed by atoms with E-state index in [1.165, 1.54) is 23.5 Å². The summed E-state index contributed by atoms with van der Waals surface area (Å²) >= 11 is 1.43.